The van der Waals surface area contributed by atoms with E-state index < -0.39 is 0 Å². The van der Waals surface area contributed by atoms with Gasteiger partial charge < -0.3 is 5.32 Å². The lowest BCUT2D eigenvalue weighted by Crippen LogP contribution is -2.32. The maximum absolute atomic E-state index is 13.0. The fourth-order valence-electron chi connectivity index (χ4n) is 3.75. The van der Waals surface area contributed by atoms with Gasteiger partial charge in [0.25, 0.3) is 11.8 Å². The lowest BCUT2D eigenvalue weighted by atomic mass is 9.97. The summed E-state index contributed by atoms with van der Waals surface area (Å²) in [5.74, 6) is -0.579. The minimum atomic E-state index is -0.310. The minimum Gasteiger partial charge on any atom is -0.352 e. The Kier molecular flexibility index (Phi) is 5.75. The summed E-state index contributed by atoms with van der Waals surface area (Å²) in [5, 5.41) is 16.9. The first-order valence-electron chi connectivity index (χ1n) is 10.3. The molecule has 1 unspecified atom stereocenters. The molecule has 2 amide bonds. The molecule has 0 saturated carbocycles. The zero-order chi connectivity index (χ0) is 22.0. The molecular formula is C22H25N7O2. The summed E-state index contributed by atoms with van der Waals surface area (Å²) < 4.78 is 1.55. The van der Waals surface area contributed by atoms with Gasteiger partial charge >= 0.3 is 0 Å². The molecule has 1 aliphatic heterocycles. The maximum Gasteiger partial charge on any atom is 0.252 e. The van der Waals surface area contributed by atoms with Crippen molar-refractivity contribution in [2.24, 2.45) is 18.1 Å². The van der Waals surface area contributed by atoms with E-state index in [1.54, 1.807) is 22.8 Å². The van der Waals surface area contributed by atoms with Gasteiger partial charge in [0.15, 0.2) is 5.65 Å². The number of aryl methyl sites for hydroxylation is 2. The molecule has 4 rings (SSSR count). The highest BCUT2D eigenvalue weighted by Crippen LogP contribution is 2.23. The molecule has 2 aromatic heterocycles. The predicted molar refractivity (Wildman–Crippen MR) is 116 cm³/mol. The molecule has 1 aromatic carbocycles. The number of hydrogen-bond acceptors (Lipinski definition) is 6. The number of carbonyl (C=O) groups is 2. The van der Waals surface area contributed by atoms with Crippen LogP contribution in [0.15, 0.2) is 41.6 Å². The molecule has 9 heteroatoms. The number of amides is 2. The fourth-order valence-corrected chi connectivity index (χ4v) is 3.75. The van der Waals surface area contributed by atoms with E-state index in [0.717, 1.165) is 16.8 Å². The molecule has 0 aliphatic carbocycles. The standard InChI is InChI=1S/C22H25N7O2/c1-4-18-17(22(31)29(26-18)13-15-8-6-5-7-14(15)2)9-10-23-21(30)16-11-19-20(24-12-16)28(3)27-25-19/h5-8,11-12,17H,4,9-10,13H2,1-3H3,(H,23,30). The Bertz CT molecular complexity index is 1170. The SMILES string of the molecule is CCC1=NN(Cc2ccccc2C)C(=O)C1CCNC(=O)c1cnc2c(c1)nnn2C. The Morgan fingerprint density at radius 3 is 2.84 bits per heavy atom. The Morgan fingerprint density at radius 1 is 1.26 bits per heavy atom. The first-order chi connectivity index (χ1) is 15.0. The Balaban J connectivity index is 1.37. The number of rotatable bonds is 7. The monoisotopic (exact) mass is 419 g/mol. The summed E-state index contributed by atoms with van der Waals surface area (Å²) >= 11 is 0. The molecule has 0 saturated heterocycles. The van der Waals surface area contributed by atoms with Gasteiger partial charge in [-0.3, -0.25) is 9.59 Å². The molecule has 3 heterocycles. The Labute approximate surface area is 180 Å². The number of aromatic nitrogens is 4. The van der Waals surface area contributed by atoms with Crippen molar-refractivity contribution in [1.29, 1.82) is 0 Å². The summed E-state index contributed by atoms with van der Waals surface area (Å²) in [4.78, 5) is 29.7. The van der Waals surface area contributed by atoms with E-state index >= 15 is 0 Å². The normalized spacial score (nSPS) is 16.1. The van der Waals surface area contributed by atoms with Crippen LogP contribution < -0.4 is 5.32 Å². The van der Waals surface area contributed by atoms with E-state index in [4.69, 9.17) is 0 Å². The molecule has 1 aliphatic rings. The van der Waals surface area contributed by atoms with Crippen molar-refractivity contribution in [1.82, 2.24) is 30.3 Å². The van der Waals surface area contributed by atoms with Crippen LogP contribution in [0.3, 0.4) is 0 Å². The topological polar surface area (TPSA) is 105 Å². The molecule has 31 heavy (non-hydrogen) atoms. The van der Waals surface area contributed by atoms with Gasteiger partial charge in [-0.05, 0) is 37.0 Å². The van der Waals surface area contributed by atoms with E-state index in [2.05, 4.69) is 25.7 Å². The van der Waals surface area contributed by atoms with Crippen LogP contribution in [0.4, 0.5) is 0 Å². The van der Waals surface area contributed by atoms with Gasteiger partial charge in [-0.2, -0.15) is 5.10 Å². The van der Waals surface area contributed by atoms with Crippen molar-refractivity contribution in [2.45, 2.75) is 33.2 Å². The molecule has 0 radical (unpaired) electrons. The predicted octanol–water partition coefficient (Wildman–Crippen LogP) is 2.22. The third-order valence-corrected chi connectivity index (χ3v) is 5.57. The maximum atomic E-state index is 13.0. The summed E-state index contributed by atoms with van der Waals surface area (Å²) in [6.45, 7) is 4.85. The third kappa shape index (κ3) is 4.16. The number of nitrogens with zero attached hydrogens (tertiary/aromatic N) is 6. The van der Waals surface area contributed by atoms with Gasteiger partial charge in [0.2, 0.25) is 0 Å². The van der Waals surface area contributed by atoms with Gasteiger partial charge in [0.05, 0.1) is 23.7 Å². The van der Waals surface area contributed by atoms with Crippen LogP contribution in [0, 0.1) is 12.8 Å². The number of nitrogens with one attached hydrogen (secondary N) is 1. The zero-order valence-corrected chi connectivity index (χ0v) is 17.9. The number of hydrogen-bond donors (Lipinski definition) is 1. The second kappa shape index (κ2) is 8.63. The van der Waals surface area contributed by atoms with Gasteiger partial charge in [-0.15, -0.1) is 5.10 Å². The highest BCUT2D eigenvalue weighted by molar-refractivity contribution is 6.07. The van der Waals surface area contributed by atoms with Crippen molar-refractivity contribution in [2.75, 3.05) is 6.54 Å². The van der Waals surface area contributed by atoms with Crippen LogP contribution in [0.1, 0.15) is 41.3 Å². The minimum absolute atomic E-state index is 0.0167. The van der Waals surface area contributed by atoms with E-state index in [1.807, 2.05) is 38.1 Å². The molecule has 1 atom stereocenters. The van der Waals surface area contributed by atoms with Gasteiger partial charge in [0.1, 0.15) is 5.52 Å². The Hall–Kier alpha value is -3.62. The number of carbonyl (C=O) groups excluding carboxylic acids is 2. The highest BCUT2D eigenvalue weighted by atomic mass is 16.2. The number of hydrazone groups is 1. The number of pyridine rings is 1. The number of fused-ring (bicyclic) bond motifs is 1. The average Bonchev–Trinajstić information content (AvgIpc) is 3.29. The van der Waals surface area contributed by atoms with E-state index in [9.17, 15) is 9.59 Å². The largest absolute Gasteiger partial charge is 0.352 e. The molecule has 0 fully saturated rings. The van der Waals surface area contributed by atoms with Crippen molar-refractivity contribution >= 4 is 28.7 Å². The summed E-state index contributed by atoms with van der Waals surface area (Å²) in [6.07, 6.45) is 2.70. The molecule has 9 nitrogen and oxygen atoms in total. The summed E-state index contributed by atoms with van der Waals surface area (Å²) in [6, 6.07) is 9.65. The molecule has 3 aromatic rings. The van der Waals surface area contributed by atoms with Crippen LogP contribution in [-0.4, -0.2) is 49.1 Å². The van der Waals surface area contributed by atoms with E-state index in [0.29, 0.717) is 42.7 Å². The lowest BCUT2D eigenvalue weighted by Gasteiger charge is -2.16. The van der Waals surface area contributed by atoms with Crippen molar-refractivity contribution < 1.29 is 9.59 Å². The first-order valence-corrected chi connectivity index (χ1v) is 10.3. The summed E-state index contributed by atoms with van der Waals surface area (Å²) in [7, 11) is 1.75. The fraction of sp³-hybridized carbons (Fsp3) is 0.364. The van der Waals surface area contributed by atoms with Crippen LogP contribution >= 0.6 is 0 Å². The smallest absolute Gasteiger partial charge is 0.252 e. The summed E-state index contributed by atoms with van der Waals surface area (Å²) in [5.41, 5.74) is 4.66. The van der Waals surface area contributed by atoms with E-state index in [-0.39, 0.29) is 17.7 Å². The average molecular weight is 419 g/mol. The van der Waals surface area contributed by atoms with Gasteiger partial charge in [0, 0.05) is 19.8 Å². The van der Waals surface area contributed by atoms with Crippen LogP contribution in [0.25, 0.3) is 11.2 Å². The second-order valence-electron chi connectivity index (χ2n) is 7.64. The molecule has 0 spiro atoms. The van der Waals surface area contributed by atoms with Crippen molar-refractivity contribution in [3.05, 3.63) is 53.2 Å². The lowest BCUT2D eigenvalue weighted by molar-refractivity contribution is -0.132. The Morgan fingerprint density at radius 2 is 2.06 bits per heavy atom. The second-order valence-corrected chi connectivity index (χ2v) is 7.64. The van der Waals surface area contributed by atoms with Gasteiger partial charge in [-0.25, -0.2) is 14.7 Å². The van der Waals surface area contributed by atoms with E-state index in [1.165, 1.54) is 6.20 Å². The van der Waals surface area contributed by atoms with Crippen LogP contribution in [0.5, 0.6) is 0 Å². The molecular weight excluding hydrogens is 394 g/mol. The van der Waals surface area contributed by atoms with Crippen LogP contribution in [-0.2, 0) is 18.4 Å². The highest BCUT2D eigenvalue weighted by Gasteiger charge is 2.34. The molecule has 1 N–H and O–H groups in total. The van der Waals surface area contributed by atoms with Crippen LogP contribution in [0.2, 0.25) is 0 Å². The third-order valence-electron chi connectivity index (χ3n) is 5.57. The van der Waals surface area contributed by atoms with Crippen molar-refractivity contribution in [3.8, 4) is 0 Å². The quantitative estimate of drug-likeness (QED) is 0.632. The van der Waals surface area contributed by atoms with Gasteiger partial charge in [-0.1, -0.05) is 36.4 Å². The first kappa shape index (κ1) is 20.6. The van der Waals surface area contributed by atoms with Crippen molar-refractivity contribution in [3.63, 3.8) is 0 Å². The molecule has 0 bridgehead atoms. The zero-order valence-electron chi connectivity index (χ0n) is 17.9. The molecule has 160 valence electrons. The number of benzene rings is 1.